The molecule has 1 amide bonds. The monoisotopic (exact) mass is 346 g/mol. The molecule has 7 nitrogen and oxygen atoms in total. The maximum absolute atomic E-state index is 12.9. The van der Waals surface area contributed by atoms with Gasteiger partial charge in [0.15, 0.2) is 5.69 Å². The summed E-state index contributed by atoms with van der Waals surface area (Å²) in [4.78, 5) is 30.1. The number of hydrazine groups is 1. The number of halogens is 3. The van der Waals surface area contributed by atoms with Gasteiger partial charge in [-0.2, -0.15) is 13.2 Å². The number of rotatable bonds is 4. The number of carbonyl (C=O) groups excluding carboxylic acids is 2. The van der Waals surface area contributed by atoms with Crippen LogP contribution >= 0.6 is 11.3 Å². The number of aromatic nitrogens is 2. The van der Waals surface area contributed by atoms with Gasteiger partial charge in [-0.05, 0) is 11.4 Å². The van der Waals surface area contributed by atoms with E-state index in [1.54, 1.807) is 11.4 Å². The maximum Gasteiger partial charge on any atom is 0.434 e. The van der Waals surface area contributed by atoms with Gasteiger partial charge in [-0.15, -0.1) is 11.3 Å². The van der Waals surface area contributed by atoms with E-state index in [4.69, 9.17) is 0 Å². The van der Waals surface area contributed by atoms with Crippen LogP contribution in [0.2, 0.25) is 0 Å². The Hall–Kier alpha value is -2.69. The number of carbonyl (C=O) groups is 2. The first kappa shape index (κ1) is 16.7. The van der Waals surface area contributed by atoms with Crippen LogP contribution in [0.15, 0.2) is 23.7 Å². The lowest BCUT2D eigenvalue weighted by atomic mass is 10.2. The fourth-order valence-corrected chi connectivity index (χ4v) is 2.12. The first-order valence-corrected chi connectivity index (χ1v) is 6.83. The number of nitrogens with one attached hydrogen (secondary N) is 2. The summed E-state index contributed by atoms with van der Waals surface area (Å²) in [7, 11) is 0.940. The van der Waals surface area contributed by atoms with Crippen molar-refractivity contribution in [2.45, 2.75) is 6.18 Å². The highest BCUT2D eigenvalue weighted by atomic mass is 32.1. The van der Waals surface area contributed by atoms with Crippen LogP contribution in [-0.2, 0) is 10.9 Å². The second kappa shape index (κ2) is 6.60. The molecule has 2 heterocycles. The third-order valence-corrected chi connectivity index (χ3v) is 3.36. The Morgan fingerprint density at radius 2 is 2.09 bits per heavy atom. The van der Waals surface area contributed by atoms with Crippen LogP contribution in [0.25, 0.3) is 0 Å². The molecule has 2 N–H and O–H groups in total. The van der Waals surface area contributed by atoms with Gasteiger partial charge in [0.25, 0.3) is 5.91 Å². The highest BCUT2D eigenvalue weighted by Gasteiger charge is 2.38. The second-order valence-electron chi connectivity index (χ2n) is 4.00. The Morgan fingerprint density at radius 3 is 2.65 bits per heavy atom. The minimum absolute atomic E-state index is 0.347. The lowest BCUT2D eigenvalue weighted by Gasteiger charge is -2.12. The quantitative estimate of drug-likeness (QED) is 0.650. The van der Waals surface area contributed by atoms with Crippen molar-refractivity contribution in [1.82, 2.24) is 15.4 Å². The van der Waals surface area contributed by atoms with E-state index in [1.807, 2.05) is 0 Å². The SMILES string of the molecule is COC(=O)c1cnc(NNC(=O)c2cccs2)nc1C(F)(F)F. The zero-order valence-electron chi connectivity index (χ0n) is 11.5. The van der Waals surface area contributed by atoms with Gasteiger partial charge in [0.1, 0.15) is 5.56 Å². The largest absolute Gasteiger partial charge is 0.465 e. The number of anilines is 1. The van der Waals surface area contributed by atoms with Crippen LogP contribution in [-0.4, -0.2) is 29.0 Å². The van der Waals surface area contributed by atoms with Crippen molar-refractivity contribution in [2.24, 2.45) is 0 Å². The fourth-order valence-electron chi connectivity index (χ4n) is 1.50. The van der Waals surface area contributed by atoms with Crippen molar-refractivity contribution in [1.29, 1.82) is 0 Å². The summed E-state index contributed by atoms with van der Waals surface area (Å²) < 4.78 is 43.1. The molecule has 0 bridgehead atoms. The van der Waals surface area contributed by atoms with Crippen molar-refractivity contribution in [2.75, 3.05) is 12.5 Å². The first-order valence-electron chi connectivity index (χ1n) is 5.95. The number of esters is 1. The summed E-state index contributed by atoms with van der Waals surface area (Å²) in [5.74, 6) is -2.30. The topological polar surface area (TPSA) is 93.2 Å². The molecule has 11 heteroatoms. The number of hydrogen-bond donors (Lipinski definition) is 2. The van der Waals surface area contributed by atoms with Crippen molar-refractivity contribution < 1.29 is 27.5 Å². The molecule has 0 fully saturated rings. The van der Waals surface area contributed by atoms with E-state index in [0.717, 1.165) is 18.4 Å². The zero-order chi connectivity index (χ0) is 17.0. The summed E-state index contributed by atoms with van der Waals surface area (Å²) in [5, 5.41) is 1.67. The molecule has 23 heavy (non-hydrogen) atoms. The van der Waals surface area contributed by atoms with Gasteiger partial charge in [-0.1, -0.05) is 6.07 Å². The van der Waals surface area contributed by atoms with E-state index < -0.39 is 35.3 Å². The van der Waals surface area contributed by atoms with Crippen LogP contribution in [0.5, 0.6) is 0 Å². The maximum atomic E-state index is 12.9. The average molecular weight is 346 g/mol. The molecule has 0 spiro atoms. The van der Waals surface area contributed by atoms with Crippen molar-refractivity contribution in [3.8, 4) is 0 Å². The van der Waals surface area contributed by atoms with E-state index in [9.17, 15) is 22.8 Å². The Kier molecular flexibility index (Phi) is 4.79. The highest BCUT2D eigenvalue weighted by molar-refractivity contribution is 7.12. The van der Waals surface area contributed by atoms with Crippen LogP contribution in [0.3, 0.4) is 0 Å². The molecular weight excluding hydrogens is 337 g/mol. The van der Waals surface area contributed by atoms with Crippen LogP contribution < -0.4 is 10.9 Å². The Bertz CT molecular complexity index is 719. The third-order valence-electron chi connectivity index (χ3n) is 2.50. The first-order chi connectivity index (χ1) is 10.8. The molecule has 0 saturated heterocycles. The predicted molar refractivity (Wildman–Crippen MR) is 73.8 cm³/mol. The number of alkyl halides is 3. The molecule has 0 aliphatic carbocycles. The van der Waals surface area contributed by atoms with E-state index in [2.05, 4.69) is 25.6 Å². The highest BCUT2D eigenvalue weighted by Crippen LogP contribution is 2.31. The smallest absolute Gasteiger partial charge is 0.434 e. The van der Waals surface area contributed by atoms with E-state index in [-0.39, 0.29) is 0 Å². The lowest BCUT2D eigenvalue weighted by Crippen LogP contribution is -2.30. The summed E-state index contributed by atoms with van der Waals surface area (Å²) in [6.07, 6.45) is -4.22. The molecule has 0 aliphatic heterocycles. The average Bonchev–Trinajstić information content (AvgIpc) is 3.05. The molecule has 0 aromatic carbocycles. The molecule has 2 aromatic heterocycles. The van der Waals surface area contributed by atoms with Gasteiger partial charge in [-0.25, -0.2) is 14.8 Å². The molecule has 122 valence electrons. The number of methoxy groups -OCH3 is 1. The van der Waals surface area contributed by atoms with Gasteiger partial charge < -0.3 is 4.74 Å². The molecule has 0 atom stereocenters. The van der Waals surface area contributed by atoms with E-state index >= 15 is 0 Å². The minimum Gasteiger partial charge on any atom is -0.465 e. The Labute approximate surface area is 131 Å². The zero-order valence-corrected chi connectivity index (χ0v) is 12.3. The normalized spacial score (nSPS) is 11.0. The predicted octanol–water partition coefficient (Wildman–Crippen LogP) is 2.10. The van der Waals surface area contributed by atoms with Crippen molar-refractivity contribution in [3.63, 3.8) is 0 Å². The summed E-state index contributed by atoms with van der Waals surface area (Å²) >= 11 is 1.15. The number of nitrogens with zero attached hydrogens (tertiary/aromatic N) is 2. The lowest BCUT2D eigenvalue weighted by molar-refractivity contribution is -0.141. The standard InChI is InChI=1S/C12H9F3N4O3S/c1-22-10(21)6-5-16-11(17-8(6)12(13,14)15)19-18-9(20)7-3-2-4-23-7/h2-5H,1H3,(H,18,20)(H,16,17,19). The van der Waals surface area contributed by atoms with E-state index in [1.165, 1.54) is 6.07 Å². The Balaban J connectivity index is 2.20. The molecule has 0 unspecified atom stereocenters. The molecule has 2 aromatic rings. The molecular formula is C12H9F3N4O3S. The summed E-state index contributed by atoms with van der Waals surface area (Å²) in [6.45, 7) is 0. The van der Waals surface area contributed by atoms with Crippen molar-refractivity contribution in [3.05, 3.63) is 39.8 Å². The van der Waals surface area contributed by atoms with Crippen LogP contribution in [0.1, 0.15) is 25.7 Å². The van der Waals surface area contributed by atoms with Crippen LogP contribution in [0.4, 0.5) is 19.1 Å². The van der Waals surface area contributed by atoms with Gasteiger partial charge in [0.2, 0.25) is 5.95 Å². The molecule has 2 rings (SSSR count). The number of hydrogen-bond acceptors (Lipinski definition) is 7. The molecule has 0 aliphatic rings. The van der Waals surface area contributed by atoms with Gasteiger partial charge >= 0.3 is 12.1 Å². The second-order valence-corrected chi connectivity index (χ2v) is 4.95. The summed E-state index contributed by atoms with van der Waals surface area (Å²) in [6, 6.07) is 3.17. The number of amides is 1. The fraction of sp³-hybridized carbons (Fsp3) is 0.167. The van der Waals surface area contributed by atoms with Gasteiger partial charge in [0.05, 0.1) is 12.0 Å². The van der Waals surface area contributed by atoms with Crippen LogP contribution in [0, 0.1) is 0 Å². The van der Waals surface area contributed by atoms with Gasteiger partial charge in [0, 0.05) is 6.20 Å². The molecule has 0 saturated carbocycles. The third kappa shape index (κ3) is 3.94. The molecule has 0 radical (unpaired) electrons. The minimum atomic E-state index is -4.89. The van der Waals surface area contributed by atoms with Crippen molar-refractivity contribution >= 4 is 29.2 Å². The summed E-state index contributed by atoms with van der Waals surface area (Å²) in [5.41, 5.74) is 2.03. The number of thiophene rings is 1. The number of ether oxygens (including phenoxy) is 1. The van der Waals surface area contributed by atoms with E-state index in [0.29, 0.717) is 11.1 Å². The Morgan fingerprint density at radius 1 is 1.35 bits per heavy atom. The van der Waals surface area contributed by atoms with Gasteiger partial charge in [-0.3, -0.25) is 15.6 Å².